The summed E-state index contributed by atoms with van der Waals surface area (Å²) in [6, 6.07) is 9.43. The van der Waals surface area contributed by atoms with Crippen molar-refractivity contribution in [3.63, 3.8) is 0 Å². The van der Waals surface area contributed by atoms with Gasteiger partial charge in [0.2, 0.25) is 0 Å². The van der Waals surface area contributed by atoms with Crippen LogP contribution in [0.15, 0.2) is 42.6 Å². The molecule has 1 aromatic heterocycles. The van der Waals surface area contributed by atoms with Crippen molar-refractivity contribution in [3.05, 3.63) is 58.3 Å². The van der Waals surface area contributed by atoms with Gasteiger partial charge in [-0.3, -0.25) is 0 Å². The number of aromatic nitrogens is 1. The van der Waals surface area contributed by atoms with E-state index in [1.807, 2.05) is 0 Å². The Hall–Kier alpha value is -1.60. The number of benzene rings is 1. The normalized spacial score (nSPS) is 9.38. The Kier molecular flexibility index (Phi) is 7.18. The van der Waals surface area contributed by atoms with E-state index in [4.69, 9.17) is 33.2 Å². The Morgan fingerprint density at radius 2 is 1.76 bits per heavy atom. The Morgan fingerprint density at radius 3 is 2.19 bits per heavy atom. The molecule has 2 rings (SSSR count). The number of hydrogen-bond acceptors (Lipinski definition) is 5. The van der Waals surface area contributed by atoms with Crippen LogP contribution in [0.1, 0.15) is 10.4 Å². The second-order valence-corrected chi connectivity index (χ2v) is 4.61. The number of rotatable bonds is 2. The molecule has 8 heteroatoms. The first kappa shape index (κ1) is 17.5. The topological polar surface area (TPSA) is 79.7 Å². The maximum absolute atomic E-state index is 10.8. The highest BCUT2D eigenvalue weighted by Crippen LogP contribution is 2.05. The third-order valence-electron chi connectivity index (χ3n) is 2.32. The number of esters is 1. The fraction of sp³-hybridized carbons (Fsp3) is 0.0769. The van der Waals surface area contributed by atoms with Gasteiger partial charge in [0, 0.05) is 11.2 Å². The minimum Gasteiger partial charge on any atom is -0.465 e. The molecule has 0 aliphatic rings. The van der Waals surface area contributed by atoms with E-state index in [1.165, 1.54) is 19.4 Å². The molecule has 0 spiro atoms. The molecule has 110 valence electrons. The van der Waals surface area contributed by atoms with E-state index < -0.39 is 13.1 Å². The lowest BCUT2D eigenvalue weighted by Gasteiger charge is -1.96. The van der Waals surface area contributed by atoms with Crippen LogP contribution in [-0.2, 0) is 4.74 Å². The van der Waals surface area contributed by atoms with Crippen molar-refractivity contribution in [3.8, 4) is 0 Å². The number of methoxy groups -OCH3 is 1. The van der Waals surface area contributed by atoms with E-state index in [1.54, 1.807) is 30.3 Å². The van der Waals surface area contributed by atoms with E-state index >= 15 is 0 Å². The first-order valence-corrected chi connectivity index (χ1v) is 6.51. The minimum absolute atomic E-state index is 0.359. The van der Waals surface area contributed by atoms with Gasteiger partial charge in [-0.25, -0.2) is 9.78 Å². The third-order valence-corrected chi connectivity index (χ3v) is 2.79. The molecule has 0 saturated carbocycles. The van der Waals surface area contributed by atoms with Gasteiger partial charge in [0.05, 0.1) is 12.7 Å². The third kappa shape index (κ3) is 6.14. The Balaban J connectivity index is 0.000000211. The van der Waals surface area contributed by atoms with Crippen LogP contribution in [-0.4, -0.2) is 35.2 Å². The fourth-order valence-corrected chi connectivity index (χ4v) is 1.49. The number of nitrogens with zero attached hydrogens (tertiary/aromatic N) is 1. The lowest BCUT2D eigenvalue weighted by Crippen LogP contribution is -2.29. The lowest BCUT2D eigenvalue weighted by atomic mass is 9.81. The number of hydrogen-bond donors (Lipinski definition) is 2. The quantitative estimate of drug-likeness (QED) is 0.497. The van der Waals surface area contributed by atoms with E-state index in [0.29, 0.717) is 21.2 Å². The fourth-order valence-electron chi connectivity index (χ4n) is 1.25. The predicted molar refractivity (Wildman–Crippen MR) is 81.9 cm³/mol. The van der Waals surface area contributed by atoms with Crippen molar-refractivity contribution < 1.29 is 19.6 Å². The second-order valence-electron chi connectivity index (χ2n) is 3.79. The van der Waals surface area contributed by atoms with Crippen LogP contribution < -0.4 is 5.46 Å². The van der Waals surface area contributed by atoms with Gasteiger partial charge in [-0.05, 0) is 29.7 Å². The molecule has 5 nitrogen and oxygen atoms in total. The molecule has 0 radical (unpaired) electrons. The van der Waals surface area contributed by atoms with Crippen molar-refractivity contribution in [2.75, 3.05) is 7.11 Å². The summed E-state index contributed by atoms with van der Waals surface area (Å²) < 4.78 is 4.45. The maximum atomic E-state index is 10.8. The van der Waals surface area contributed by atoms with Crippen LogP contribution in [0.3, 0.4) is 0 Å². The largest absolute Gasteiger partial charge is 0.488 e. The van der Waals surface area contributed by atoms with Crippen LogP contribution in [0.25, 0.3) is 0 Å². The molecule has 0 aliphatic carbocycles. The Bertz CT molecular complexity index is 576. The molecule has 1 heterocycles. The first-order valence-electron chi connectivity index (χ1n) is 5.75. The summed E-state index contributed by atoms with van der Waals surface area (Å²) in [5.41, 5.74) is 0.848. The van der Waals surface area contributed by atoms with Gasteiger partial charge < -0.3 is 14.8 Å². The molecule has 1 aromatic carbocycles. The van der Waals surface area contributed by atoms with Gasteiger partial charge in [-0.15, -0.1) is 0 Å². The van der Waals surface area contributed by atoms with Crippen LogP contribution in [0.4, 0.5) is 0 Å². The molecule has 0 bridgehead atoms. The number of pyridine rings is 1. The van der Waals surface area contributed by atoms with Crippen LogP contribution >= 0.6 is 23.2 Å². The summed E-state index contributed by atoms with van der Waals surface area (Å²) in [6.45, 7) is 0. The average Bonchev–Trinajstić information content (AvgIpc) is 2.48. The molecule has 0 aliphatic heterocycles. The highest BCUT2D eigenvalue weighted by Gasteiger charge is 2.08. The van der Waals surface area contributed by atoms with Crippen molar-refractivity contribution in [1.29, 1.82) is 0 Å². The van der Waals surface area contributed by atoms with E-state index in [9.17, 15) is 4.79 Å². The van der Waals surface area contributed by atoms with E-state index in [-0.39, 0.29) is 0 Å². The SMILES string of the molecule is COC(=O)c1ccc(Cl)nc1.OB(O)c1ccc(Cl)cc1. The molecular weight excluding hydrogens is 316 g/mol. The molecule has 2 N–H and O–H groups in total. The maximum Gasteiger partial charge on any atom is 0.488 e. The van der Waals surface area contributed by atoms with Crippen LogP contribution in [0.2, 0.25) is 10.2 Å². The van der Waals surface area contributed by atoms with Crippen molar-refractivity contribution in [2.45, 2.75) is 0 Å². The minimum atomic E-state index is -1.41. The van der Waals surface area contributed by atoms with Gasteiger partial charge in [0.25, 0.3) is 0 Å². The summed E-state index contributed by atoms with van der Waals surface area (Å²) in [6.07, 6.45) is 1.37. The molecule has 0 atom stereocenters. The highest BCUT2D eigenvalue weighted by molar-refractivity contribution is 6.58. The average molecular weight is 328 g/mol. The van der Waals surface area contributed by atoms with Crippen molar-refractivity contribution in [1.82, 2.24) is 4.98 Å². The van der Waals surface area contributed by atoms with Crippen LogP contribution in [0.5, 0.6) is 0 Å². The summed E-state index contributed by atoms with van der Waals surface area (Å²) in [5, 5.41) is 18.2. The number of halogens is 2. The molecule has 21 heavy (non-hydrogen) atoms. The summed E-state index contributed by atoms with van der Waals surface area (Å²) >= 11 is 11.0. The smallest absolute Gasteiger partial charge is 0.465 e. The van der Waals surface area contributed by atoms with Gasteiger partial charge in [-0.2, -0.15) is 0 Å². The van der Waals surface area contributed by atoms with Gasteiger partial charge in [-0.1, -0.05) is 35.3 Å². The van der Waals surface area contributed by atoms with Crippen LogP contribution in [0, 0.1) is 0 Å². The second kappa shape index (κ2) is 8.64. The lowest BCUT2D eigenvalue weighted by molar-refractivity contribution is 0.0600. The highest BCUT2D eigenvalue weighted by atomic mass is 35.5. The Labute approximate surface area is 132 Å². The molecule has 0 unspecified atom stereocenters. The van der Waals surface area contributed by atoms with Gasteiger partial charge in [0.15, 0.2) is 0 Å². The molecule has 0 fully saturated rings. The Morgan fingerprint density at radius 1 is 1.14 bits per heavy atom. The van der Waals surface area contributed by atoms with Gasteiger partial charge >= 0.3 is 13.1 Å². The number of carbonyl (C=O) groups excluding carboxylic acids is 1. The first-order chi connectivity index (χ1) is 9.93. The van der Waals surface area contributed by atoms with E-state index in [0.717, 1.165) is 0 Å². The zero-order valence-electron chi connectivity index (χ0n) is 11.0. The van der Waals surface area contributed by atoms with Crippen molar-refractivity contribution >= 4 is 41.8 Å². The van der Waals surface area contributed by atoms with E-state index in [2.05, 4.69) is 9.72 Å². The summed E-state index contributed by atoms with van der Waals surface area (Å²) in [4.78, 5) is 14.5. The zero-order valence-corrected chi connectivity index (χ0v) is 12.5. The van der Waals surface area contributed by atoms with Gasteiger partial charge in [0.1, 0.15) is 5.15 Å². The summed E-state index contributed by atoms with van der Waals surface area (Å²) in [7, 11) is -0.0889. The molecule has 2 aromatic rings. The number of carbonyl (C=O) groups is 1. The summed E-state index contributed by atoms with van der Waals surface area (Å²) in [5.74, 6) is -0.408. The standard InChI is InChI=1S/C7H6ClNO2.C6H6BClO2/c1-11-7(10)5-2-3-6(8)9-4-5;8-6-3-1-5(2-4-6)7(9)10/h2-4H,1H3;1-4,9-10H. The molecule has 0 saturated heterocycles. The number of ether oxygens (including phenoxy) is 1. The molecule has 0 amide bonds. The monoisotopic (exact) mass is 327 g/mol. The zero-order chi connectivity index (χ0) is 15.8. The van der Waals surface area contributed by atoms with Crippen molar-refractivity contribution in [2.24, 2.45) is 0 Å². The predicted octanol–water partition coefficient (Wildman–Crippen LogP) is 1.54. The molecular formula is C13H12BCl2NO4.